The van der Waals surface area contributed by atoms with Crippen LogP contribution < -0.4 is 0 Å². The van der Waals surface area contributed by atoms with Crippen molar-refractivity contribution in [3.05, 3.63) is 36.8 Å². The molecule has 0 saturated carbocycles. The smallest absolute Gasteiger partial charge is 0.356 e. The van der Waals surface area contributed by atoms with Crippen LogP contribution in [0, 0.1) is 0 Å². The molecule has 6 nitrogen and oxygen atoms in total. The zero-order valence-corrected chi connectivity index (χ0v) is 7.03. The van der Waals surface area contributed by atoms with Gasteiger partial charge in [-0.05, 0) is 0 Å². The first kappa shape index (κ1) is 8.36. The van der Waals surface area contributed by atoms with E-state index in [-0.39, 0.29) is 5.69 Å². The lowest BCUT2D eigenvalue weighted by molar-refractivity contribution is 0.0691. The van der Waals surface area contributed by atoms with Crippen molar-refractivity contribution in [1.29, 1.82) is 0 Å². The summed E-state index contributed by atoms with van der Waals surface area (Å²) in [6.07, 6.45) is 7.35. The van der Waals surface area contributed by atoms with Gasteiger partial charge in [0.25, 0.3) is 0 Å². The van der Waals surface area contributed by atoms with Crippen molar-refractivity contribution in [2.45, 2.75) is 0 Å². The van der Waals surface area contributed by atoms with E-state index in [1.165, 1.54) is 29.5 Å². The van der Waals surface area contributed by atoms with Crippen LogP contribution in [-0.2, 0) is 0 Å². The van der Waals surface area contributed by atoms with Crippen LogP contribution in [0.4, 0.5) is 0 Å². The number of carboxylic acids is 1. The Hall–Kier alpha value is -2.24. The van der Waals surface area contributed by atoms with Gasteiger partial charge in [-0.15, -0.1) is 0 Å². The van der Waals surface area contributed by atoms with Crippen molar-refractivity contribution in [3.63, 3.8) is 0 Å². The summed E-state index contributed by atoms with van der Waals surface area (Å²) in [6.45, 7) is 0. The van der Waals surface area contributed by atoms with Gasteiger partial charge in [0, 0.05) is 18.6 Å². The molecule has 0 saturated heterocycles. The van der Waals surface area contributed by atoms with E-state index in [0.717, 1.165) is 0 Å². The fourth-order valence-corrected chi connectivity index (χ4v) is 0.983. The summed E-state index contributed by atoms with van der Waals surface area (Å²) in [4.78, 5) is 22.1. The molecule has 14 heavy (non-hydrogen) atoms. The Bertz CT molecular complexity index is 451. The largest absolute Gasteiger partial charge is 0.476 e. The molecule has 1 N–H and O–H groups in total. The molecule has 0 fully saturated rings. The third-order valence-electron chi connectivity index (χ3n) is 1.62. The van der Waals surface area contributed by atoms with Crippen LogP contribution in [0.5, 0.6) is 0 Å². The standard InChI is InChI=1S/C8H6N4O2/c13-8(14)6-4-12(5-11-6)7-3-9-1-2-10-7/h1-5H,(H,13,14). The second-order valence-corrected chi connectivity index (χ2v) is 2.53. The third-order valence-corrected chi connectivity index (χ3v) is 1.62. The first-order valence-corrected chi connectivity index (χ1v) is 3.81. The van der Waals surface area contributed by atoms with Crippen molar-refractivity contribution in [2.24, 2.45) is 0 Å². The van der Waals surface area contributed by atoms with E-state index < -0.39 is 5.97 Å². The molecular formula is C8H6N4O2. The summed E-state index contributed by atoms with van der Waals surface area (Å²) < 4.78 is 1.50. The molecule has 0 aliphatic rings. The fourth-order valence-electron chi connectivity index (χ4n) is 0.983. The molecule has 2 rings (SSSR count). The zero-order chi connectivity index (χ0) is 9.97. The molecule has 2 aromatic rings. The predicted molar refractivity (Wildman–Crippen MR) is 46.1 cm³/mol. The van der Waals surface area contributed by atoms with Crippen molar-refractivity contribution in [2.75, 3.05) is 0 Å². The third kappa shape index (κ3) is 1.45. The van der Waals surface area contributed by atoms with Gasteiger partial charge in [-0.1, -0.05) is 0 Å². The van der Waals surface area contributed by atoms with Gasteiger partial charge in [0.1, 0.15) is 6.33 Å². The molecular weight excluding hydrogens is 184 g/mol. The van der Waals surface area contributed by atoms with Gasteiger partial charge in [0.05, 0.1) is 6.20 Å². The van der Waals surface area contributed by atoms with Crippen molar-refractivity contribution in [1.82, 2.24) is 19.5 Å². The first-order chi connectivity index (χ1) is 6.77. The van der Waals surface area contributed by atoms with Gasteiger partial charge in [-0.25, -0.2) is 14.8 Å². The van der Waals surface area contributed by atoms with E-state index in [1.807, 2.05) is 0 Å². The molecule has 0 aliphatic carbocycles. The van der Waals surface area contributed by atoms with E-state index in [0.29, 0.717) is 5.82 Å². The van der Waals surface area contributed by atoms with Gasteiger partial charge in [-0.2, -0.15) is 0 Å². The number of hydrogen-bond donors (Lipinski definition) is 1. The van der Waals surface area contributed by atoms with Gasteiger partial charge in [0.2, 0.25) is 0 Å². The molecule has 2 aromatic heterocycles. The van der Waals surface area contributed by atoms with Crippen LogP contribution in [0.15, 0.2) is 31.1 Å². The Morgan fingerprint density at radius 1 is 1.36 bits per heavy atom. The van der Waals surface area contributed by atoms with Crippen LogP contribution in [0.25, 0.3) is 5.82 Å². The minimum absolute atomic E-state index is 0.0179. The average molecular weight is 190 g/mol. The van der Waals surface area contributed by atoms with E-state index in [9.17, 15) is 4.79 Å². The number of imidazole rings is 1. The number of carbonyl (C=O) groups is 1. The monoisotopic (exact) mass is 190 g/mol. The molecule has 0 spiro atoms. The van der Waals surface area contributed by atoms with Gasteiger partial charge in [0.15, 0.2) is 11.5 Å². The van der Waals surface area contributed by atoms with E-state index in [4.69, 9.17) is 5.11 Å². The number of hydrogen-bond acceptors (Lipinski definition) is 4. The Labute approximate surface area is 78.9 Å². The van der Waals surface area contributed by atoms with Crippen LogP contribution in [0.1, 0.15) is 10.5 Å². The molecule has 0 aliphatic heterocycles. The SMILES string of the molecule is O=C(O)c1cn(-c2cnccn2)cn1. The van der Waals surface area contributed by atoms with Gasteiger partial charge >= 0.3 is 5.97 Å². The highest BCUT2D eigenvalue weighted by Gasteiger charge is 2.07. The molecule has 6 heteroatoms. The predicted octanol–water partition coefficient (Wildman–Crippen LogP) is 0.360. The lowest BCUT2D eigenvalue weighted by Gasteiger charge is -1.96. The normalized spacial score (nSPS) is 10.0. The minimum Gasteiger partial charge on any atom is -0.476 e. The minimum atomic E-state index is -1.06. The van der Waals surface area contributed by atoms with Crippen molar-refractivity contribution in [3.8, 4) is 5.82 Å². The summed E-state index contributed by atoms with van der Waals surface area (Å²) in [5.41, 5.74) is -0.0179. The molecule has 0 unspecified atom stereocenters. The number of carboxylic acid groups (broad SMARTS) is 1. The highest BCUT2D eigenvalue weighted by molar-refractivity contribution is 5.85. The Balaban J connectivity index is 2.39. The van der Waals surface area contributed by atoms with Crippen LogP contribution >= 0.6 is 0 Å². The van der Waals surface area contributed by atoms with E-state index in [1.54, 1.807) is 6.20 Å². The Morgan fingerprint density at radius 3 is 2.79 bits per heavy atom. The lowest BCUT2D eigenvalue weighted by Crippen LogP contribution is -1.97. The highest BCUT2D eigenvalue weighted by atomic mass is 16.4. The van der Waals surface area contributed by atoms with Crippen LogP contribution in [0.3, 0.4) is 0 Å². The van der Waals surface area contributed by atoms with E-state index >= 15 is 0 Å². The van der Waals surface area contributed by atoms with Crippen molar-refractivity contribution >= 4 is 5.97 Å². The second-order valence-electron chi connectivity index (χ2n) is 2.53. The first-order valence-electron chi connectivity index (χ1n) is 3.81. The quantitative estimate of drug-likeness (QED) is 0.739. The summed E-state index contributed by atoms with van der Waals surface area (Å²) in [6, 6.07) is 0. The Morgan fingerprint density at radius 2 is 2.21 bits per heavy atom. The topological polar surface area (TPSA) is 80.9 Å². The van der Waals surface area contributed by atoms with Gasteiger partial charge in [-0.3, -0.25) is 9.55 Å². The van der Waals surface area contributed by atoms with Crippen molar-refractivity contribution < 1.29 is 9.90 Å². The fraction of sp³-hybridized carbons (Fsp3) is 0. The number of rotatable bonds is 2. The van der Waals surface area contributed by atoms with Gasteiger partial charge < -0.3 is 5.11 Å². The molecule has 70 valence electrons. The summed E-state index contributed by atoms with van der Waals surface area (Å²) in [5, 5.41) is 8.63. The molecule has 0 radical (unpaired) electrons. The maximum Gasteiger partial charge on any atom is 0.356 e. The van der Waals surface area contributed by atoms with Crippen LogP contribution in [0.2, 0.25) is 0 Å². The Kier molecular flexibility index (Phi) is 1.94. The summed E-state index contributed by atoms with van der Waals surface area (Å²) in [7, 11) is 0. The van der Waals surface area contributed by atoms with E-state index in [2.05, 4.69) is 15.0 Å². The zero-order valence-electron chi connectivity index (χ0n) is 7.03. The number of nitrogens with zero attached hydrogens (tertiary/aromatic N) is 4. The molecule has 0 bridgehead atoms. The summed E-state index contributed by atoms with van der Waals surface area (Å²) in [5.74, 6) is -0.528. The molecule has 0 atom stereocenters. The van der Waals surface area contributed by atoms with Crippen LogP contribution in [-0.4, -0.2) is 30.6 Å². The second kappa shape index (κ2) is 3.25. The number of aromatic nitrogens is 4. The maximum atomic E-state index is 10.5. The average Bonchev–Trinajstić information content (AvgIpc) is 2.68. The lowest BCUT2D eigenvalue weighted by atomic mass is 10.5. The molecule has 2 heterocycles. The maximum absolute atomic E-state index is 10.5. The molecule has 0 amide bonds. The molecule has 0 aromatic carbocycles. The number of aromatic carboxylic acids is 1. The summed E-state index contributed by atoms with van der Waals surface area (Å²) >= 11 is 0. The highest BCUT2D eigenvalue weighted by Crippen LogP contribution is 2.03.